The van der Waals surface area contributed by atoms with Gasteiger partial charge in [-0.1, -0.05) is 5.92 Å². The molecule has 0 aromatic rings. The van der Waals surface area contributed by atoms with Crippen LogP contribution >= 0.6 is 0 Å². The summed E-state index contributed by atoms with van der Waals surface area (Å²) in [4.78, 5) is 22.3. The number of aliphatic carboxylic acids is 1. The molecule has 0 aliphatic heterocycles. The standard InChI is InChI=1S/C12H20N2O4/c1-5-6-13-7-10(15)14-9(11(16)17)8-18-12(2,3)4/h1,9,13H,6-8H2,2-4H3,(H,14,15)(H,16,17)/t9-/m0/s1. The van der Waals surface area contributed by atoms with Crippen LogP contribution in [0.15, 0.2) is 0 Å². The third-order valence-electron chi connectivity index (χ3n) is 1.83. The van der Waals surface area contributed by atoms with Crippen LogP contribution in [0.1, 0.15) is 20.8 Å². The lowest BCUT2D eigenvalue weighted by molar-refractivity contribution is -0.145. The van der Waals surface area contributed by atoms with Crippen LogP contribution in [0.5, 0.6) is 0 Å². The zero-order valence-electron chi connectivity index (χ0n) is 10.9. The smallest absolute Gasteiger partial charge is 0.328 e. The third kappa shape index (κ3) is 8.56. The van der Waals surface area contributed by atoms with Crippen LogP contribution in [0.2, 0.25) is 0 Å². The summed E-state index contributed by atoms with van der Waals surface area (Å²) in [5.74, 6) is 0.742. The Bertz CT molecular complexity index is 328. The van der Waals surface area contributed by atoms with Gasteiger partial charge in [0.1, 0.15) is 0 Å². The van der Waals surface area contributed by atoms with Crippen LogP contribution in [0.4, 0.5) is 0 Å². The van der Waals surface area contributed by atoms with Gasteiger partial charge in [0.15, 0.2) is 6.04 Å². The number of carboxylic acid groups (broad SMARTS) is 1. The lowest BCUT2D eigenvalue weighted by Gasteiger charge is -2.23. The van der Waals surface area contributed by atoms with E-state index in [1.807, 2.05) is 20.8 Å². The number of carboxylic acids is 1. The second kappa shape index (κ2) is 7.69. The monoisotopic (exact) mass is 256 g/mol. The number of rotatable bonds is 7. The van der Waals surface area contributed by atoms with Gasteiger partial charge in [0.25, 0.3) is 0 Å². The quantitative estimate of drug-likeness (QED) is 0.426. The fourth-order valence-electron chi connectivity index (χ4n) is 1.00. The number of ether oxygens (including phenoxy) is 1. The highest BCUT2D eigenvalue weighted by atomic mass is 16.5. The number of amides is 1. The molecule has 0 aliphatic carbocycles. The normalized spacial score (nSPS) is 12.6. The number of hydrogen-bond donors (Lipinski definition) is 3. The molecule has 0 spiro atoms. The van der Waals surface area contributed by atoms with Gasteiger partial charge in [0.2, 0.25) is 5.91 Å². The number of carbonyl (C=O) groups excluding carboxylic acids is 1. The fourth-order valence-corrected chi connectivity index (χ4v) is 1.00. The molecule has 6 nitrogen and oxygen atoms in total. The minimum atomic E-state index is -1.13. The third-order valence-corrected chi connectivity index (χ3v) is 1.83. The lowest BCUT2D eigenvalue weighted by atomic mass is 10.2. The molecular weight excluding hydrogens is 236 g/mol. The van der Waals surface area contributed by atoms with Gasteiger partial charge in [0, 0.05) is 0 Å². The van der Waals surface area contributed by atoms with Crippen LogP contribution in [-0.2, 0) is 14.3 Å². The average Bonchev–Trinajstić information content (AvgIpc) is 2.22. The molecule has 3 N–H and O–H groups in total. The van der Waals surface area contributed by atoms with Crippen molar-refractivity contribution in [1.82, 2.24) is 10.6 Å². The van der Waals surface area contributed by atoms with Gasteiger partial charge >= 0.3 is 5.97 Å². The highest BCUT2D eigenvalue weighted by Crippen LogP contribution is 2.07. The molecule has 0 unspecified atom stereocenters. The highest BCUT2D eigenvalue weighted by Gasteiger charge is 2.22. The Labute approximate surface area is 107 Å². The van der Waals surface area contributed by atoms with E-state index in [1.54, 1.807) is 0 Å². The van der Waals surface area contributed by atoms with Crippen LogP contribution in [0.3, 0.4) is 0 Å². The second-order valence-electron chi connectivity index (χ2n) is 4.69. The van der Waals surface area contributed by atoms with Gasteiger partial charge in [-0.25, -0.2) is 4.79 Å². The van der Waals surface area contributed by atoms with Crippen molar-refractivity contribution in [3.63, 3.8) is 0 Å². The van der Waals surface area contributed by atoms with E-state index in [1.165, 1.54) is 0 Å². The summed E-state index contributed by atoms with van der Waals surface area (Å²) in [5, 5.41) is 14.0. The molecular formula is C12H20N2O4. The van der Waals surface area contributed by atoms with E-state index in [4.69, 9.17) is 16.3 Å². The first kappa shape index (κ1) is 16.4. The fraction of sp³-hybridized carbons (Fsp3) is 0.667. The van der Waals surface area contributed by atoms with E-state index in [0.29, 0.717) is 0 Å². The van der Waals surface area contributed by atoms with Crippen LogP contribution in [0, 0.1) is 12.3 Å². The van der Waals surface area contributed by atoms with Gasteiger partial charge in [-0.15, -0.1) is 6.42 Å². The molecule has 0 fully saturated rings. The van der Waals surface area contributed by atoms with Crippen LogP contribution < -0.4 is 10.6 Å². The van der Waals surface area contributed by atoms with Gasteiger partial charge in [-0.3, -0.25) is 10.1 Å². The molecule has 1 amide bonds. The number of terminal acetylenes is 1. The van der Waals surface area contributed by atoms with Crippen molar-refractivity contribution >= 4 is 11.9 Å². The minimum Gasteiger partial charge on any atom is -0.480 e. The lowest BCUT2D eigenvalue weighted by Crippen LogP contribution is -2.48. The van der Waals surface area contributed by atoms with Crippen molar-refractivity contribution in [3.05, 3.63) is 0 Å². The molecule has 0 radical (unpaired) electrons. The van der Waals surface area contributed by atoms with E-state index in [2.05, 4.69) is 16.6 Å². The zero-order valence-corrected chi connectivity index (χ0v) is 10.9. The molecule has 6 heteroatoms. The molecule has 0 aromatic carbocycles. The summed E-state index contributed by atoms with van der Waals surface area (Å²) < 4.78 is 5.33. The van der Waals surface area contributed by atoms with E-state index in [9.17, 15) is 9.59 Å². The molecule has 0 saturated carbocycles. The molecule has 0 rings (SSSR count). The predicted molar refractivity (Wildman–Crippen MR) is 67.0 cm³/mol. The Balaban J connectivity index is 4.16. The van der Waals surface area contributed by atoms with Crippen molar-refractivity contribution in [2.75, 3.05) is 19.7 Å². The van der Waals surface area contributed by atoms with Crippen molar-refractivity contribution < 1.29 is 19.4 Å². The number of hydrogen-bond acceptors (Lipinski definition) is 4. The molecule has 18 heavy (non-hydrogen) atoms. The van der Waals surface area contributed by atoms with Gasteiger partial charge in [-0.2, -0.15) is 0 Å². The highest BCUT2D eigenvalue weighted by molar-refractivity contribution is 5.84. The average molecular weight is 256 g/mol. The van der Waals surface area contributed by atoms with Gasteiger partial charge < -0.3 is 15.2 Å². The van der Waals surface area contributed by atoms with Crippen molar-refractivity contribution in [2.24, 2.45) is 0 Å². The van der Waals surface area contributed by atoms with E-state index in [0.717, 1.165) is 0 Å². The van der Waals surface area contributed by atoms with Crippen LogP contribution in [-0.4, -0.2) is 48.3 Å². The Morgan fingerprint density at radius 2 is 2.06 bits per heavy atom. The van der Waals surface area contributed by atoms with Gasteiger partial charge in [0.05, 0.1) is 25.3 Å². The Kier molecular flexibility index (Phi) is 7.01. The molecule has 0 aliphatic rings. The minimum absolute atomic E-state index is 0.0243. The molecule has 102 valence electrons. The Morgan fingerprint density at radius 1 is 1.44 bits per heavy atom. The summed E-state index contributed by atoms with van der Waals surface area (Å²) in [6.45, 7) is 5.57. The maximum Gasteiger partial charge on any atom is 0.328 e. The predicted octanol–water partition coefficient (Wildman–Crippen LogP) is -0.406. The summed E-state index contributed by atoms with van der Waals surface area (Å²) in [7, 11) is 0. The largest absolute Gasteiger partial charge is 0.480 e. The first-order valence-corrected chi connectivity index (χ1v) is 5.56. The molecule has 0 saturated heterocycles. The van der Waals surface area contributed by atoms with Crippen molar-refractivity contribution in [1.29, 1.82) is 0 Å². The summed E-state index contributed by atoms with van der Waals surface area (Å²) in [6.07, 6.45) is 5.00. The first-order valence-electron chi connectivity index (χ1n) is 5.56. The Hall–Kier alpha value is -1.58. The molecule has 1 atom stereocenters. The number of carbonyl (C=O) groups is 2. The SMILES string of the molecule is C#CCNCC(=O)N[C@@H](COC(C)(C)C)C(=O)O. The molecule has 0 aromatic heterocycles. The van der Waals surface area contributed by atoms with Crippen molar-refractivity contribution in [3.8, 4) is 12.3 Å². The van der Waals surface area contributed by atoms with E-state index >= 15 is 0 Å². The summed E-state index contributed by atoms with van der Waals surface area (Å²) >= 11 is 0. The van der Waals surface area contributed by atoms with E-state index in [-0.39, 0.29) is 19.7 Å². The number of nitrogens with one attached hydrogen (secondary N) is 2. The molecule has 0 bridgehead atoms. The van der Waals surface area contributed by atoms with Crippen molar-refractivity contribution in [2.45, 2.75) is 32.4 Å². The second-order valence-corrected chi connectivity index (χ2v) is 4.69. The summed E-state index contributed by atoms with van der Waals surface area (Å²) in [6, 6.07) is -1.07. The maximum absolute atomic E-state index is 11.4. The summed E-state index contributed by atoms with van der Waals surface area (Å²) in [5.41, 5.74) is -0.458. The Morgan fingerprint density at radius 3 is 2.50 bits per heavy atom. The van der Waals surface area contributed by atoms with Crippen LogP contribution in [0.25, 0.3) is 0 Å². The molecule has 0 heterocycles. The van der Waals surface area contributed by atoms with E-state index < -0.39 is 23.5 Å². The first-order chi connectivity index (χ1) is 8.26. The maximum atomic E-state index is 11.4. The topological polar surface area (TPSA) is 87.7 Å². The zero-order chi connectivity index (χ0) is 14.2. The van der Waals surface area contributed by atoms with Gasteiger partial charge in [-0.05, 0) is 20.8 Å².